The summed E-state index contributed by atoms with van der Waals surface area (Å²) in [5.74, 6) is 0.897. The molecule has 1 unspecified atom stereocenters. The highest BCUT2D eigenvalue weighted by molar-refractivity contribution is 5.29. The van der Waals surface area contributed by atoms with Crippen LogP contribution in [-0.4, -0.2) is 19.1 Å². The van der Waals surface area contributed by atoms with Crippen molar-refractivity contribution in [3.63, 3.8) is 0 Å². The quantitative estimate of drug-likeness (QED) is 0.849. The van der Waals surface area contributed by atoms with E-state index in [9.17, 15) is 0 Å². The van der Waals surface area contributed by atoms with E-state index in [1.54, 1.807) is 0 Å². The summed E-state index contributed by atoms with van der Waals surface area (Å²) in [5.41, 5.74) is 3.59. The predicted molar refractivity (Wildman–Crippen MR) is 75.5 cm³/mol. The average Bonchev–Trinajstić information content (AvgIpc) is 2.97. The Morgan fingerprint density at radius 3 is 2.67 bits per heavy atom. The van der Waals surface area contributed by atoms with E-state index in [4.69, 9.17) is 0 Å². The van der Waals surface area contributed by atoms with Crippen LogP contribution >= 0.6 is 0 Å². The van der Waals surface area contributed by atoms with Crippen molar-refractivity contribution in [2.45, 2.75) is 39.3 Å². The fourth-order valence-corrected chi connectivity index (χ4v) is 3.02. The van der Waals surface area contributed by atoms with Gasteiger partial charge in [-0.25, -0.2) is 0 Å². The molecule has 98 valence electrons. The molecule has 1 fully saturated rings. The molecule has 0 aromatic heterocycles. The minimum Gasteiger partial charge on any atom is -0.315 e. The Morgan fingerprint density at radius 2 is 1.94 bits per heavy atom. The Hall–Kier alpha value is -0.860. The van der Waals surface area contributed by atoms with Crippen LogP contribution in [-0.2, 0) is 13.0 Å². The highest BCUT2D eigenvalue weighted by Gasteiger charge is 2.44. The number of rotatable bonds is 4. The van der Waals surface area contributed by atoms with E-state index in [1.165, 1.54) is 24.1 Å². The van der Waals surface area contributed by atoms with E-state index in [-0.39, 0.29) is 0 Å². The maximum Gasteiger partial charge on any atom is 0.0236 e. The smallest absolute Gasteiger partial charge is 0.0236 e. The molecule has 0 amide bonds. The summed E-state index contributed by atoms with van der Waals surface area (Å²) in [5, 5.41) is 7.27. The SMILES string of the molecule is CC1(C)CC1CNC[C@@H]1Cc2ccccc2CN1. The van der Waals surface area contributed by atoms with Crippen LogP contribution in [0.25, 0.3) is 0 Å². The van der Waals surface area contributed by atoms with E-state index < -0.39 is 0 Å². The van der Waals surface area contributed by atoms with Gasteiger partial charge in [-0.2, -0.15) is 0 Å². The molecule has 1 aromatic rings. The van der Waals surface area contributed by atoms with Gasteiger partial charge in [0, 0.05) is 19.1 Å². The fourth-order valence-electron chi connectivity index (χ4n) is 3.02. The standard InChI is InChI=1S/C16H24N2/c1-16(2)8-14(16)10-17-11-15-7-12-5-3-4-6-13(12)9-18-15/h3-6,14-15,17-18H,7-11H2,1-2H3/t14?,15-/m0/s1. The van der Waals surface area contributed by atoms with E-state index in [2.05, 4.69) is 48.7 Å². The predicted octanol–water partition coefficient (Wildman–Crippen LogP) is 2.34. The minimum atomic E-state index is 0.597. The topological polar surface area (TPSA) is 24.1 Å². The van der Waals surface area contributed by atoms with Crippen molar-refractivity contribution < 1.29 is 0 Å². The number of fused-ring (bicyclic) bond motifs is 1. The van der Waals surface area contributed by atoms with Crippen molar-refractivity contribution in [1.82, 2.24) is 10.6 Å². The summed E-state index contributed by atoms with van der Waals surface area (Å²) in [6, 6.07) is 9.39. The minimum absolute atomic E-state index is 0.597. The molecule has 0 radical (unpaired) electrons. The first-order chi connectivity index (χ1) is 8.65. The Morgan fingerprint density at radius 1 is 1.22 bits per heavy atom. The molecule has 2 heteroatoms. The second kappa shape index (κ2) is 4.67. The molecule has 2 aliphatic rings. The Bertz CT molecular complexity index is 425. The molecule has 2 atom stereocenters. The van der Waals surface area contributed by atoms with Crippen LogP contribution in [0.15, 0.2) is 24.3 Å². The second-order valence-corrected chi connectivity index (χ2v) is 6.60. The molecule has 0 saturated heterocycles. The molecule has 0 spiro atoms. The highest BCUT2D eigenvalue weighted by Crippen LogP contribution is 2.50. The van der Waals surface area contributed by atoms with Crippen molar-refractivity contribution in [2.24, 2.45) is 11.3 Å². The summed E-state index contributed by atoms with van der Waals surface area (Å²) in [6.45, 7) is 8.05. The molecule has 1 aromatic carbocycles. The Kier molecular flexibility index (Phi) is 3.16. The van der Waals surface area contributed by atoms with Gasteiger partial charge in [0.05, 0.1) is 0 Å². The van der Waals surface area contributed by atoms with Crippen LogP contribution in [0.2, 0.25) is 0 Å². The molecule has 2 N–H and O–H groups in total. The first-order valence-corrected chi connectivity index (χ1v) is 7.16. The number of nitrogens with one attached hydrogen (secondary N) is 2. The van der Waals surface area contributed by atoms with Gasteiger partial charge in [0.15, 0.2) is 0 Å². The van der Waals surface area contributed by atoms with Gasteiger partial charge >= 0.3 is 0 Å². The molecular formula is C16H24N2. The van der Waals surface area contributed by atoms with Crippen LogP contribution in [0.5, 0.6) is 0 Å². The average molecular weight is 244 g/mol. The van der Waals surface area contributed by atoms with Crippen molar-refractivity contribution in [1.29, 1.82) is 0 Å². The lowest BCUT2D eigenvalue weighted by atomic mass is 9.96. The fraction of sp³-hybridized carbons (Fsp3) is 0.625. The van der Waals surface area contributed by atoms with Crippen LogP contribution < -0.4 is 10.6 Å². The lowest BCUT2D eigenvalue weighted by Gasteiger charge is -2.26. The van der Waals surface area contributed by atoms with Gasteiger partial charge in [-0.05, 0) is 41.8 Å². The number of benzene rings is 1. The third-order valence-corrected chi connectivity index (χ3v) is 4.66. The largest absolute Gasteiger partial charge is 0.315 e. The van der Waals surface area contributed by atoms with Crippen LogP contribution in [0.3, 0.4) is 0 Å². The molecule has 2 nitrogen and oxygen atoms in total. The zero-order chi connectivity index (χ0) is 12.6. The van der Waals surface area contributed by atoms with Gasteiger partial charge < -0.3 is 10.6 Å². The first-order valence-electron chi connectivity index (χ1n) is 7.16. The van der Waals surface area contributed by atoms with Crippen LogP contribution in [0, 0.1) is 11.3 Å². The highest BCUT2D eigenvalue weighted by atomic mass is 15.0. The summed E-state index contributed by atoms with van der Waals surface area (Å²) in [6.07, 6.45) is 2.55. The summed E-state index contributed by atoms with van der Waals surface area (Å²) in [7, 11) is 0. The van der Waals surface area contributed by atoms with Crippen molar-refractivity contribution in [2.75, 3.05) is 13.1 Å². The summed E-state index contributed by atoms with van der Waals surface area (Å²) in [4.78, 5) is 0. The number of hydrogen-bond donors (Lipinski definition) is 2. The van der Waals surface area contributed by atoms with E-state index in [0.717, 1.165) is 25.4 Å². The molecule has 1 aliphatic carbocycles. The summed E-state index contributed by atoms with van der Waals surface area (Å²) >= 11 is 0. The van der Waals surface area contributed by atoms with Crippen molar-refractivity contribution >= 4 is 0 Å². The Labute approximate surface area is 110 Å². The van der Waals surface area contributed by atoms with Crippen LogP contribution in [0.4, 0.5) is 0 Å². The third kappa shape index (κ3) is 2.60. The van der Waals surface area contributed by atoms with Crippen molar-refractivity contribution in [3.8, 4) is 0 Å². The maximum atomic E-state index is 3.64. The van der Waals surface area contributed by atoms with Gasteiger partial charge in [0.2, 0.25) is 0 Å². The van der Waals surface area contributed by atoms with Gasteiger partial charge in [0.1, 0.15) is 0 Å². The molecule has 1 saturated carbocycles. The zero-order valence-electron chi connectivity index (χ0n) is 11.5. The zero-order valence-corrected chi connectivity index (χ0v) is 11.5. The number of hydrogen-bond acceptors (Lipinski definition) is 2. The molecule has 3 rings (SSSR count). The molecule has 0 bridgehead atoms. The van der Waals surface area contributed by atoms with Gasteiger partial charge in [-0.3, -0.25) is 0 Å². The summed E-state index contributed by atoms with van der Waals surface area (Å²) < 4.78 is 0. The van der Waals surface area contributed by atoms with E-state index in [0.29, 0.717) is 11.5 Å². The third-order valence-electron chi connectivity index (χ3n) is 4.66. The van der Waals surface area contributed by atoms with Gasteiger partial charge in [-0.1, -0.05) is 38.1 Å². The van der Waals surface area contributed by atoms with Crippen LogP contribution in [0.1, 0.15) is 31.4 Å². The lowest BCUT2D eigenvalue weighted by Crippen LogP contribution is -2.43. The Balaban J connectivity index is 1.45. The molecular weight excluding hydrogens is 220 g/mol. The van der Waals surface area contributed by atoms with E-state index in [1.807, 2.05) is 0 Å². The monoisotopic (exact) mass is 244 g/mol. The first kappa shape index (κ1) is 12.2. The van der Waals surface area contributed by atoms with E-state index >= 15 is 0 Å². The normalized spacial score (nSPS) is 28.8. The van der Waals surface area contributed by atoms with Gasteiger partial charge in [0.25, 0.3) is 0 Å². The van der Waals surface area contributed by atoms with Crippen molar-refractivity contribution in [3.05, 3.63) is 35.4 Å². The van der Waals surface area contributed by atoms with Gasteiger partial charge in [-0.15, -0.1) is 0 Å². The molecule has 1 heterocycles. The molecule has 18 heavy (non-hydrogen) atoms. The molecule has 1 aliphatic heterocycles. The second-order valence-electron chi connectivity index (χ2n) is 6.60. The lowest BCUT2D eigenvalue weighted by molar-refractivity contribution is 0.431. The maximum absolute atomic E-state index is 3.64.